The van der Waals surface area contributed by atoms with Gasteiger partial charge in [-0.25, -0.2) is 0 Å². The molecule has 5 saturated carbocycles. The molecule has 0 spiro atoms. The predicted octanol–water partition coefficient (Wildman–Crippen LogP) is 6.58. The Morgan fingerprint density at radius 1 is 0.828 bits per heavy atom. The van der Waals surface area contributed by atoms with Gasteiger partial charge in [0.15, 0.2) is 0 Å². The van der Waals surface area contributed by atoms with E-state index in [4.69, 9.17) is 0 Å². The normalized spacial score (nSPS) is 59.2. The highest BCUT2D eigenvalue weighted by atomic mass is 16.3. The second kappa shape index (κ2) is 6.53. The first-order valence-electron chi connectivity index (χ1n) is 12.7. The second-order valence-corrected chi connectivity index (χ2v) is 12.8. The summed E-state index contributed by atoms with van der Waals surface area (Å²) in [5.74, 6) is 3.46. The summed E-state index contributed by atoms with van der Waals surface area (Å²) in [4.78, 5) is 11.4. The van der Waals surface area contributed by atoms with Crippen molar-refractivity contribution in [2.24, 2.45) is 56.4 Å². The van der Waals surface area contributed by atoms with Crippen molar-refractivity contribution in [1.29, 1.82) is 0 Å². The predicted molar refractivity (Wildman–Crippen MR) is 117 cm³/mol. The minimum absolute atomic E-state index is 0.0442. The maximum absolute atomic E-state index is 11.4. The van der Waals surface area contributed by atoms with Crippen LogP contribution in [-0.4, -0.2) is 17.8 Å². The number of nitrogens with zero attached hydrogens (tertiary/aromatic N) is 1. The fourth-order valence-corrected chi connectivity index (χ4v) is 10.7. The van der Waals surface area contributed by atoms with Gasteiger partial charge in [0.2, 0.25) is 0 Å². The van der Waals surface area contributed by atoms with E-state index in [1.54, 1.807) is 0 Å². The molecule has 164 valence electrons. The maximum atomic E-state index is 11.4. The molecule has 1 N–H and O–H groups in total. The molecule has 29 heavy (non-hydrogen) atoms. The first kappa shape index (κ1) is 20.5. The molecule has 5 aliphatic rings. The molecule has 5 aliphatic carbocycles. The quantitative estimate of drug-likeness (QED) is 0.531. The van der Waals surface area contributed by atoms with Crippen molar-refractivity contribution in [3.05, 3.63) is 4.91 Å². The number of rotatable bonds is 2. The van der Waals surface area contributed by atoms with Gasteiger partial charge in [-0.1, -0.05) is 39.3 Å². The number of fused-ring (bicyclic) bond motifs is 7. The Labute approximate surface area is 177 Å². The highest BCUT2D eigenvalue weighted by Crippen LogP contribution is 2.75. The van der Waals surface area contributed by atoms with Crippen molar-refractivity contribution in [2.75, 3.05) is 6.61 Å². The van der Waals surface area contributed by atoms with Crippen LogP contribution in [0.25, 0.3) is 0 Å². The Morgan fingerprint density at radius 2 is 1.62 bits per heavy atom. The van der Waals surface area contributed by atoms with Gasteiger partial charge in [-0.3, -0.25) is 0 Å². The van der Waals surface area contributed by atoms with Crippen LogP contribution in [0.5, 0.6) is 0 Å². The summed E-state index contributed by atoms with van der Waals surface area (Å²) < 4.78 is 0. The van der Waals surface area contributed by atoms with Crippen LogP contribution >= 0.6 is 0 Å². The Balaban J connectivity index is 1.50. The molecule has 0 aromatic heterocycles. The smallest absolute Gasteiger partial charge is 0.0948 e. The van der Waals surface area contributed by atoms with Crippen LogP contribution in [-0.2, 0) is 0 Å². The van der Waals surface area contributed by atoms with E-state index in [0.717, 1.165) is 24.2 Å². The van der Waals surface area contributed by atoms with Crippen LogP contribution in [0, 0.1) is 56.2 Å². The summed E-state index contributed by atoms with van der Waals surface area (Å²) in [6, 6.07) is 0.0442. The van der Waals surface area contributed by atoms with Crippen LogP contribution in [0.15, 0.2) is 5.18 Å². The van der Waals surface area contributed by atoms with E-state index in [2.05, 4.69) is 32.9 Å². The van der Waals surface area contributed by atoms with Crippen LogP contribution in [0.1, 0.15) is 98.3 Å². The highest BCUT2D eigenvalue weighted by Gasteiger charge is 2.68. The van der Waals surface area contributed by atoms with Crippen LogP contribution < -0.4 is 0 Å². The van der Waals surface area contributed by atoms with Crippen molar-refractivity contribution in [2.45, 2.75) is 104 Å². The molecule has 10 atom stereocenters. The van der Waals surface area contributed by atoms with Gasteiger partial charge < -0.3 is 5.11 Å². The highest BCUT2D eigenvalue weighted by molar-refractivity contribution is 5.17. The number of aliphatic hydroxyl groups excluding tert-OH is 1. The molecule has 3 nitrogen and oxygen atoms in total. The first-order chi connectivity index (χ1) is 13.8. The first-order valence-corrected chi connectivity index (χ1v) is 12.7. The summed E-state index contributed by atoms with van der Waals surface area (Å²) >= 11 is 0. The minimum atomic E-state index is 0.0442. The molecule has 0 radical (unpaired) electrons. The van der Waals surface area contributed by atoms with Crippen molar-refractivity contribution < 1.29 is 5.11 Å². The van der Waals surface area contributed by atoms with Gasteiger partial charge in [-0.05, 0) is 115 Å². The van der Waals surface area contributed by atoms with Crippen molar-refractivity contribution >= 4 is 0 Å². The largest absolute Gasteiger partial charge is 0.396 e. The summed E-state index contributed by atoms with van der Waals surface area (Å²) in [5.41, 5.74) is 1.45. The van der Waals surface area contributed by atoms with E-state index in [9.17, 15) is 10.0 Å². The van der Waals surface area contributed by atoms with E-state index < -0.39 is 0 Å². The molecule has 8 unspecified atom stereocenters. The van der Waals surface area contributed by atoms with Crippen molar-refractivity contribution in [3.63, 3.8) is 0 Å². The third-order valence-electron chi connectivity index (χ3n) is 12.6. The Kier molecular flexibility index (Phi) is 4.61. The van der Waals surface area contributed by atoms with Gasteiger partial charge in [0.25, 0.3) is 0 Å². The van der Waals surface area contributed by atoms with E-state index in [-0.39, 0.29) is 11.5 Å². The maximum Gasteiger partial charge on any atom is 0.0948 e. The third kappa shape index (κ3) is 2.40. The summed E-state index contributed by atoms with van der Waals surface area (Å²) in [7, 11) is 0. The topological polar surface area (TPSA) is 49.7 Å². The zero-order valence-corrected chi connectivity index (χ0v) is 19.3. The van der Waals surface area contributed by atoms with Gasteiger partial charge in [0, 0.05) is 6.61 Å². The number of hydrogen-bond donors (Lipinski definition) is 1. The lowest BCUT2D eigenvalue weighted by molar-refractivity contribution is -0.229. The number of aliphatic hydroxyl groups is 1. The molecule has 0 aliphatic heterocycles. The van der Waals surface area contributed by atoms with Crippen LogP contribution in [0.3, 0.4) is 0 Å². The zero-order chi connectivity index (χ0) is 20.7. The van der Waals surface area contributed by atoms with Gasteiger partial charge >= 0.3 is 0 Å². The zero-order valence-electron chi connectivity index (χ0n) is 19.3. The molecule has 0 saturated heterocycles. The minimum Gasteiger partial charge on any atom is -0.396 e. The molecular formula is C26H43NO2. The monoisotopic (exact) mass is 401 g/mol. The Hall–Kier alpha value is -0.440. The van der Waals surface area contributed by atoms with Crippen LogP contribution in [0.2, 0.25) is 0 Å². The molecule has 0 bridgehead atoms. The molecule has 3 heteroatoms. The van der Waals surface area contributed by atoms with Crippen molar-refractivity contribution in [1.82, 2.24) is 0 Å². The van der Waals surface area contributed by atoms with Gasteiger partial charge in [-0.15, -0.1) is 0 Å². The number of nitroso groups, excluding NO2 is 1. The van der Waals surface area contributed by atoms with E-state index >= 15 is 0 Å². The standard InChI is InChI=1S/C26H43NO2/c1-17-18-9-13-25(4)22(23(18,2)12-10-21(17)27-29)8-7-19-20-6-5-11-26(20,16-28)15-14-24(19,25)3/h17-22,28H,5-16H2,1-4H3/t17?,18?,19?,20-,21?,22?,23?,24-,25?,26?/m1/s1. The fraction of sp³-hybridized carbons (Fsp3) is 1.00. The molecule has 5 rings (SSSR count). The fourth-order valence-electron chi connectivity index (χ4n) is 10.7. The molecular weight excluding hydrogens is 358 g/mol. The lowest BCUT2D eigenvalue weighted by atomic mass is 9.33. The molecule has 0 heterocycles. The second-order valence-electron chi connectivity index (χ2n) is 12.8. The molecule has 0 amide bonds. The summed E-state index contributed by atoms with van der Waals surface area (Å²) in [5, 5.41) is 13.9. The van der Waals surface area contributed by atoms with E-state index in [0.29, 0.717) is 34.7 Å². The average molecular weight is 402 g/mol. The third-order valence-corrected chi connectivity index (χ3v) is 12.6. The van der Waals surface area contributed by atoms with Gasteiger partial charge in [0.1, 0.15) is 0 Å². The molecule has 5 fully saturated rings. The Morgan fingerprint density at radius 3 is 2.34 bits per heavy atom. The van der Waals surface area contributed by atoms with Crippen LogP contribution in [0.4, 0.5) is 0 Å². The van der Waals surface area contributed by atoms with E-state index in [1.165, 1.54) is 64.2 Å². The van der Waals surface area contributed by atoms with Gasteiger partial charge in [-0.2, -0.15) is 4.91 Å². The lowest BCUT2D eigenvalue weighted by Gasteiger charge is -2.71. The summed E-state index contributed by atoms with van der Waals surface area (Å²) in [6.07, 6.45) is 14.1. The molecule has 0 aromatic rings. The van der Waals surface area contributed by atoms with Gasteiger partial charge in [0.05, 0.1) is 6.04 Å². The number of hydrogen-bond acceptors (Lipinski definition) is 3. The lowest BCUT2D eigenvalue weighted by Crippen LogP contribution is -2.65. The SMILES string of the molecule is CC1C(N=O)CCC2(C)C1CCC1(C)C2CCC2[C@H]3CCCC3(CO)CC[C@]21C. The Bertz CT molecular complexity index is 680. The molecule has 0 aromatic carbocycles. The van der Waals surface area contributed by atoms with Crippen molar-refractivity contribution in [3.8, 4) is 0 Å². The summed E-state index contributed by atoms with van der Waals surface area (Å²) in [6.45, 7) is 10.7. The average Bonchev–Trinajstić information content (AvgIpc) is 3.13. The van der Waals surface area contributed by atoms with E-state index in [1.807, 2.05) is 0 Å².